The first kappa shape index (κ1) is 30.2. The topological polar surface area (TPSA) is 49.8 Å². The molecule has 6 rings (SSSR count). The summed E-state index contributed by atoms with van der Waals surface area (Å²) >= 11 is 0. The lowest BCUT2D eigenvalue weighted by molar-refractivity contribution is -0.207. The van der Waals surface area contributed by atoms with E-state index in [1.807, 2.05) is 0 Å². The summed E-state index contributed by atoms with van der Waals surface area (Å²) < 4.78 is 6.26. The van der Waals surface area contributed by atoms with Crippen molar-refractivity contribution in [2.24, 2.45) is 56.7 Å². The van der Waals surface area contributed by atoms with Gasteiger partial charge in [0.2, 0.25) is 0 Å². The van der Waals surface area contributed by atoms with E-state index in [2.05, 4.69) is 59.4 Å². The van der Waals surface area contributed by atoms with Gasteiger partial charge in [0.05, 0.1) is 11.5 Å². The number of allylic oxidation sites excluding steroid dienone is 2. The molecule has 10 atom stereocenters. The predicted molar refractivity (Wildman–Crippen MR) is 166 cm³/mol. The molecule has 1 aliphatic heterocycles. The van der Waals surface area contributed by atoms with Crippen LogP contribution in [0.25, 0.3) is 0 Å². The van der Waals surface area contributed by atoms with Crippen LogP contribution >= 0.6 is 0 Å². The first-order chi connectivity index (χ1) is 19.3. The molecule has 1 saturated heterocycles. The molecule has 5 aliphatic carbocycles. The summed E-state index contributed by atoms with van der Waals surface area (Å²) in [5.41, 5.74) is 1.87. The average Bonchev–Trinajstić information content (AvgIpc) is 2.94. The number of rotatable bonds is 4. The average molecular weight is 568 g/mol. The Labute approximate surface area is 251 Å². The first-order valence-corrected chi connectivity index (χ1v) is 17.6. The molecule has 0 radical (unpaired) electrons. The van der Waals surface area contributed by atoms with Crippen molar-refractivity contribution >= 4 is 5.97 Å². The zero-order valence-corrected chi connectivity index (χ0v) is 27.6. The van der Waals surface area contributed by atoms with E-state index in [4.69, 9.17) is 4.74 Å². The predicted octanol–water partition coefficient (Wildman–Crippen LogP) is 8.03. The van der Waals surface area contributed by atoms with Crippen LogP contribution in [0.1, 0.15) is 126 Å². The fraction of sp³-hybridized carbons (Fsp3) is 0.919. The maximum atomic E-state index is 14.2. The second kappa shape index (κ2) is 10.4. The molecule has 4 saturated carbocycles. The Hall–Kier alpha value is -0.870. The molecule has 0 amide bonds. The third kappa shape index (κ3) is 4.29. The van der Waals surface area contributed by atoms with Crippen molar-refractivity contribution in [2.75, 3.05) is 26.2 Å². The smallest absolute Gasteiger partial charge is 0.312 e. The number of nitrogens with zero attached hydrogens (tertiary/aromatic N) is 1. The molecule has 4 nitrogen and oxygen atoms in total. The van der Waals surface area contributed by atoms with E-state index in [0.29, 0.717) is 36.2 Å². The van der Waals surface area contributed by atoms with Crippen LogP contribution < -0.4 is 0 Å². The van der Waals surface area contributed by atoms with Crippen molar-refractivity contribution in [3.05, 3.63) is 11.6 Å². The van der Waals surface area contributed by atoms with E-state index in [1.165, 1.54) is 32.1 Å². The van der Waals surface area contributed by atoms with Crippen molar-refractivity contribution < 1.29 is 14.6 Å². The summed E-state index contributed by atoms with van der Waals surface area (Å²) in [6, 6.07) is 0. The Morgan fingerprint density at radius 3 is 2.39 bits per heavy atom. The largest absolute Gasteiger partial charge is 0.464 e. The number of carbonyl (C=O) groups excluding carboxylic acids is 1. The van der Waals surface area contributed by atoms with Crippen LogP contribution in [0.3, 0.4) is 0 Å². The van der Waals surface area contributed by atoms with Gasteiger partial charge in [-0.25, -0.2) is 0 Å². The second-order valence-corrected chi connectivity index (χ2v) is 17.2. The minimum Gasteiger partial charge on any atom is -0.464 e. The Balaban J connectivity index is 1.31. The SMILES string of the molecule is C[C@H]1[C@H](C)CC[C@]2(C(=O)OCCN3CCCCC3)CC[C@]3(C)C(=CC[C@@H]4[C@@]5(C)CC[C@H](O)C(C)(C)[C@@H]5CC[C@]43C)[C@H]12. The highest BCUT2D eigenvalue weighted by Crippen LogP contribution is 2.75. The zero-order valence-electron chi connectivity index (χ0n) is 27.6. The lowest BCUT2D eigenvalue weighted by Gasteiger charge is -2.71. The molecule has 0 spiro atoms. The lowest BCUT2D eigenvalue weighted by Crippen LogP contribution is -2.65. The Kier molecular flexibility index (Phi) is 7.62. The Morgan fingerprint density at radius 1 is 0.927 bits per heavy atom. The molecule has 0 bridgehead atoms. The molecule has 0 aromatic carbocycles. The van der Waals surface area contributed by atoms with Gasteiger partial charge in [0.1, 0.15) is 6.61 Å². The first-order valence-electron chi connectivity index (χ1n) is 17.6. The van der Waals surface area contributed by atoms with Crippen LogP contribution in [0.15, 0.2) is 11.6 Å². The van der Waals surface area contributed by atoms with E-state index in [1.54, 1.807) is 5.57 Å². The highest BCUT2D eigenvalue weighted by Gasteiger charge is 2.69. The van der Waals surface area contributed by atoms with Crippen LogP contribution in [0.5, 0.6) is 0 Å². The molecule has 0 aromatic heterocycles. The van der Waals surface area contributed by atoms with E-state index >= 15 is 0 Å². The van der Waals surface area contributed by atoms with Gasteiger partial charge < -0.3 is 9.84 Å². The zero-order chi connectivity index (χ0) is 29.4. The van der Waals surface area contributed by atoms with Crippen LogP contribution in [-0.4, -0.2) is 48.3 Å². The molecule has 4 heteroatoms. The monoisotopic (exact) mass is 567 g/mol. The van der Waals surface area contributed by atoms with Crippen molar-refractivity contribution in [1.82, 2.24) is 4.90 Å². The maximum Gasteiger partial charge on any atom is 0.312 e. The number of hydrogen-bond donors (Lipinski definition) is 1. The van der Waals surface area contributed by atoms with E-state index < -0.39 is 0 Å². The summed E-state index contributed by atoms with van der Waals surface area (Å²) in [4.78, 5) is 16.7. The highest BCUT2D eigenvalue weighted by atomic mass is 16.5. The standard InChI is InChI=1S/C37H61NO3/c1-25-13-18-37(32(40)41-24-23-38-21-9-8-10-22-38)20-19-35(6)27(31(37)26(25)2)11-12-29-34(5)16-15-30(39)33(3,4)28(34)14-17-36(29,35)7/h11,25-26,28-31,39H,8-10,12-24H2,1-7H3/t25-,26+,28+,29-,30+,31+,34+,35-,36-,37+/m1/s1. The molecular formula is C37H61NO3. The van der Waals surface area contributed by atoms with Gasteiger partial charge in [0, 0.05) is 6.54 Å². The van der Waals surface area contributed by atoms with Crippen molar-refractivity contribution in [2.45, 2.75) is 132 Å². The maximum absolute atomic E-state index is 14.2. The normalized spacial score (nSPS) is 49.5. The minimum absolute atomic E-state index is 0.0216. The lowest BCUT2D eigenvalue weighted by atomic mass is 9.33. The highest BCUT2D eigenvalue weighted by molar-refractivity contribution is 5.79. The summed E-state index contributed by atoms with van der Waals surface area (Å²) in [5.74, 6) is 2.76. The fourth-order valence-electron chi connectivity index (χ4n) is 12.4. The summed E-state index contributed by atoms with van der Waals surface area (Å²) in [6.45, 7) is 21.1. The number of aliphatic hydroxyl groups is 1. The van der Waals surface area contributed by atoms with Gasteiger partial charge >= 0.3 is 5.97 Å². The molecule has 41 heavy (non-hydrogen) atoms. The molecule has 1 N–H and O–H groups in total. The van der Waals surface area contributed by atoms with Gasteiger partial charge in [-0.2, -0.15) is 0 Å². The third-order valence-corrected chi connectivity index (χ3v) is 15.5. The van der Waals surface area contributed by atoms with Crippen LogP contribution in [0.2, 0.25) is 0 Å². The van der Waals surface area contributed by atoms with Gasteiger partial charge in [0.15, 0.2) is 0 Å². The van der Waals surface area contributed by atoms with Gasteiger partial charge in [-0.05, 0) is 135 Å². The van der Waals surface area contributed by atoms with Crippen LogP contribution in [0.4, 0.5) is 0 Å². The molecule has 0 aromatic rings. The summed E-state index contributed by atoms with van der Waals surface area (Å²) in [6.07, 6.45) is 16.3. The van der Waals surface area contributed by atoms with Gasteiger partial charge in [-0.15, -0.1) is 0 Å². The number of carbonyl (C=O) groups is 1. The van der Waals surface area contributed by atoms with Gasteiger partial charge in [-0.3, -0.25) is 9.69 Å². The summed E-state index contributed by atoms with van der Waals surface area (Å²) in [5, 5.41) is 11.0. The number of hydrogen-bond acceptors (Lipinski definition) is 4. The molecule has 232 valence electrons. The Bertz CT molecular complexity index is 1040. The number of piperidine rings is 1. The fourth-order valence-corrected chi connectivity index (χ4v) is 12.4. The molecule has 6 aliphatic rings. The quantitative estimate of drug-likeness (QED) is 0.276. The van der Waals surface area contributed by atoms with Gasteiger partial charge in [0.25, 0.3) is 0 Å². The second-order valence-electron chi connectivity index (χ2n) is 17.2. The van der Waals surface area contributed by atoms with Crippen LogP contribution in [-0.2, 0) is 9.53 Å². The number of likely N-dealkylation sites (tertiary alicyclic amines) is 1. The number of aliphatic hydroxyl groups excluding tert-OH is 1. The molecule has 0 unspecified atom stereocenters. The molecular weight excluding hydrogens is 506 g/mol. The van der Waals surface area contributed by atoms with Gasteiger partial charge in [-0.1, -0.05) is 66.5 Å². The third-order valence-electron chi connectivity index (χ3n) is 15.5. The van der Waals surface area contributed by atoms with E-state index in [0.717, 1.165) is 64.6 Å². The number of fused-ring (bicyclic) bond motifs is 7. The van der Waals surface area contributed by atoms with Crippen LogP contribution in [0, 0.1) is 56.7 Å². The van der Waals surface area contributed by atoms with Crippen molar-refractivity contribution in [1.29, 1.82) is 0 Å². The number of ether oxygens (including phenoxy) is 1. The van der Waals surface area contributed by atoms with Crippen molar-refractivity contribution in [3.8, 4) is 0 Å². The van der Waals surface area contributed by atoms with E-state index in [9.17, 15) is 9.90 Å². The van der Waals surface area contributed by atoms with E-state index in [-0.39, 0.29) is 39.1 Å². The Morgan fingerprint density at radius 2 is 1.66 bits per heavy atom. The summed E-state index contributed by atoms with van der Waals surface area (Å²) in [7, 11) is 0. The number of esters is 1. The minimum atomic E-state index is -0.347. The molecule has 1 heterocycles. The van der Waals surface area contributed by atoms with Crippen molar-refractivity contribution in [3.63, 3.8) is 0 Å². The molecule has 5 fully saturated rings.